The number of hydrogen-bond donors (Lipinski definition) is 1. The molecule has 6 nitrogen and oxygen atoms in total. The van der Waals surface area contributed by atoms with Crippen LogP contribution in [-0.4, -0.2) is 20.5 Å². The van der Waals surface area contributed by atoms with Gasteiger partial charge in [-0.3, -0.25) is 10.1 Å². The lowest BCUT2D eigenvalue weighted by Crippen LogP contribution is -2.42. The van der Waals surface area contributed by atoms with E-state index in [1.165, 1.54) is 11.3 Å². The molecule has 0 saturated heterocycles. The minimum Gasteiger partial charge on any atom is -0.336 e. The molecule has 2 aromatic rings. The normalized spacial score (nSPS) is 13.3. The highest BCUT2D eigenvalue weighted by Gasteiger charge is 2.24. The first-order chi connectivity index (χ1) is 9.86. The van der Waals surface area contributed by atoms with Gasteiger partial charge >= 0.3 is 5.00 Å². The highest BCUT2D eigenvalue weighted by molar-refractivity contribution is 7.15. The van der Waals surface area contributed by atoms with Gasteiger partial charge in [-0.2, -0.15) is 0 Å². The average molecular weight is 308 g/mol. The van der Waals surface area contributed by atoms with Crippen molar-refractivity contribution in [3.63, 3.8) is 0 Å². The van der Waals surface area contributed by atoms with Crippen LogP contribution in [0.5, 0.6) is 0 Å². The zero-order valence-corrected chi connectivity index (χ0v) is 13.3. The lowest BCUT2D eigenvalue weighted by atomic mass is 9.86. The average Bonchev–Trinajstić information content (AvgIpc) is 3.04. The third-order valence-corrected chi connectivity index (χ3v) is 4.38. The Morgan fingerprint density at radius 1 is 1.48 bits per heavy atom. The van der Waals surface area contributed by atoms with E-state index in [9.17, 15) is 10.1 Å². The first-order valence-corrected chi connectivity index (χ1v) is 7.60. The Labute approximate surface area is 128 Å². The maximum Gasteiger partial charge on any atom is 0.324 e. The second kappa shape index (κ2) is 6.36. The summed E-state index contributed by atoms with van der Waals surface area (Å²) in [6, 6.07) is 3.61. The smallest absolute Gasteiger partial charge is 0.324 e. The summed E-state index contributed by atoms with van der Waals surface area (Å²) in [5.74, 6) is 0. The fraction of sp³-hybridized carbons (Fsp3) is 0.500. The second-order valence-corrected chi connectivity index (χ2v) is 7.20. The molecule has 0 amide bonds. The maximum atomic E-state index is 10.7. The molecule has 21 heavy (non-hydrogen) atoms. The van der Waals surface area contributed by atoms with Crippen molar-refractivity contribution in [1.29, 1.82) is 0 Å². The van der Waals surface area contributed by atoms with Crippen LogP contribution in [0.1, 0.15) is 25.6 Å². The Bertz CT molecular complexity index is 586. The first kappa shape index (κ1) is 15.7. The van der Waals surface area contributed by atoms with Crippen LogP contribution in [0.3, 0.4) is 0 Å². The van der Waals surface area contributed by atoms with Gasteiger partial charge in [0, 0.05) is 42.5 Å². The zero-order chi connectivity index (χ0) is 15.5. The van der Waals surface area contributed by atoms with Crippen molar-refractivity contribution in [3.8, 4) is 0 Å². The summed E-state index contributed by atoms with van der Waals surface area (Å²) in [7, 11) is 0. The third kappa shape index (κ3) is 4.37. The molecule has 7 heteroatoms. The van der Waals surface area contributed by atoms with Crippen molar-refractivity contribution in [2.75, 3.05) is 0 Å². The van der Waals surface area contributed by atoms with Gasteiger partial charge in [-0.05, 0) is 11.5 Å². The summed E-state index contributed by atoms with van der Waals surface area (Å²) in [6.07, 6.45) is 5.51. The second-order valence-electron chi connectivity index (χ2n) is 6.06. The molecule has 0 aliphatic heterocycles. The van der Waals surface area contributed by atoms with Gasteiger partial charge in [0.25, 0.3) is 0 Å². The molecular formula is C14H20N4O2S. The molecule has 1 atom stereocenters. The molecule has 0 aliphatic carbocycles. The third-order valence-electron chi connectivity index (χ3n) is 3.35. The van der Waals surface area contributed by atoms with E-state index in [1.807, 2.05) is 16.8 Å². The number of thiophene rings is 1. The van der Waals surface area contributed by atoms with Crippen LogP contribution in [0.15, 0.2) is 30.9 Å². The van der Waals surface area contributed by atoms with E-state index in [4.69, 9.17) is 0 Å². The molecule has 1 N–H and O–H groups in total. The van der Waals surface area contributed by atoms with Crippen LogP contribution >= 0.6 is 11.3 Å². The van der Waals surface area contributed by atoms with E-state index in [0.29, 0.717) is 6.54 Å². The van der Waals surface area contributed by atoms with Gasteiger partial charge in [-0.1, -0.05) is 32.1 Å². The van der Waals surface area contributed by atoms with E-state index in [0.717, 1.165) is 11.4 Å². The summed E-state index contributed by atoms with van der Waals surface area (Å²) in [5, 5.41) is 14.4. The van der Waals surface area contributed by atoms with E-state index in [2.05, 4.69) is 31.1 Å². The van der Waals surface area contributed by atoms with Gasteiger partial charge in [-0.15, -0.1) is 0 Å². The molecule has 0 bridgehead atoms. The van der Waals surface area contributed by atoms with Crippen molar-refractivity contribution < 1.29 is 4.92 Å². The fourth-order valence-corrected chi connectivity index (χ4v) is 2.80. The number of nitrogens with one attached hydrogen (secondary N) is 1. The monoisotopic (exact) mass is 308 g/mol. The quantitative estimate of drug-likeness (QED) is 0.657. The maximum absolute atomic E-state index is 10.7. The summed E-state index contributed by atoms with van der Waals surface area (Å²) >= 11 is 1.22. The molecule has 2 heterocycles. The summed E-state index contributed by atoms with van der Waals surface area (Å²) in [4.78, 5) is 15.4. The number of aromatic nitrogens is 2. The molecular weight excluding hydrogens is 288 g/mol. The Morgan fingerprint density at radius 3 is 2.76 bits per heavy atom. The minimum atomic E-state index is -0.346. The molecule has 1 unspecified atom stereocenters. The van der Waals surface area contributed by atoms with Gasteiger partial charge in [0.1, 0.15) is 0 Å². The summed E-state index contributed by atoms with van der Waals surface area (Å²) in [6.45, 7) is 7.99. The lowest BCUT2D eigenvalue weighted by molar-refractivity contribution is -0.380. The van der Waals surface area contributed by atoms with Gasteiger partial charge in [0.2, 0.25) is 0 Å². The molecule has 2 aromatic heterocycles. The minimum absolute atomic E-state index is 0.0768. The zero-order valence-electron chi connectivity index (χ0n) is 12.4. The highest BCUT2D eigenvalue weighted by Crippen LogP contribution is 2.25. The van der Waals surface area contributed by atoms with Crippen molar-refractivity contribution in [2.24, 2.45) is 5.41 Å². The molecule has 0 aliphatic rings. The predicted molar refractivity (Wildman–Crippen MR) is 83.3 cm³/mol. The number of rotatable bonds is 6. The predicted octanol–water partition coefficient (Wildman–Crippen LogP) is 3.06. The summed E-state index contributed by atoms with van der Waals surface area (Å²) < 4.78 is 2.04. The van der Waals surface area contributed by atoms with E-state index in [1.54, 1.807) is 18.6 Å². The van der Waals surface area contributed by atoms with Crippen molar-refractivity contribution in [3.05, 3.63) is 45.8 Å². The Balaban J connectivity index is 2.00. The number of imidazole rings is 1. The van der Waals surface area contributed by atoms with E-state index in [-0.39, 0.29) is 21.4 Å². The number of hydrogen-bond acceptors (Lipinski definition) is 5. The van der Waals surface area contributed by atoms with Crippen LogP contribution in [-0.2, 0) is 13.1 Å². The summed E-state index contributed by atoms with van der Waals surface area (Å²) in [5.41, 5.74) is 0.0768. The molecule has 0 fully saturated rings. The van der Waals surface area contributed by atoms with Crippen molar-refractivity contribution in [1.82, 2.24) is 14.9 Å². The van der Waals surface area contributed by atoms with Crippen molar-refractivity contribution in [2.45, 2.75) is 39.9 Å². The van der Waals surface area contributed by atoms with Crippen LogP contribution in [0.25, 0.3) is 0 Å². The van der Waals surface area contributed by atoms with Gasteiger partial charge in [0.05, 0.1) is 11.3 Å². The standard InChI is InChI=1S/C14H20N4O2S/c1-14(2,3)12(9-17-7-6-15-10-17)16-8-11-4-5-13(21-11)18(19)20/h4-7,10,12,16H,8-9H2,1-3H3. The van der Waals surface area contributed by atoms with Crippen LogP contribution < -0.4 is 5.32 Å². The van der Waals surface area contributed by atoms with Crippen LogP contribution in [0, 0.1) is 15.5 Å². The SMILES string of the molecule is CC(C)(C)C(Cn1ccnc1)NCc1ccc([N+](=O)[O-])s1. The van der Waals surface area contributed by atoms with Gasteiger partial charge < -0.3 is 9.88 Å². The highest BCUT2D eigenvalue weighted by atomic mass is 32.1. The van der Waals surface area contributed by atoms with E-state index < -0.39 is 0 Å². The number of nitrogens with zero attached hydrogens (tertiary/aromatic N) is 3. The molecule has 114 valence electrons. The molecule has 0 radical (unpaired) electrons. The molecule has 0 saturated carbocycles. The lowest BCUT2D eigenvalue weighted by Gasteiger charge is -2.31. The topological polar surface area (TPSA) is 73.0 Å². The van der Waals surface area contributed by atoms with Crippen LogP contribution in [0.2, 0.25) is 0 Å². The first-order valence-electron chi connectivity index (χ1n) is 6.78. The molecule has 0 aromatic carbocycles. The Hall–Kier alpha value is -1.73. The Kier molecular flexibility index (Phi) is 4.74. The fourth-order valence-electron chi connectivity index (χ4n) is 2.03. The van der Waals surface area contributed by atoms with Gasteiger partial charge in [0.15, 0.2) is 0 Å². The van der Waals surface area contributed by atoms with Gasteiger partial charge in [-0.25, -0.2) is 4.98 Å². The van der Waals surface area contributed by atoms with Crippen LogP contribution in [0.4, 0.5) is 5.00 Å². The molecule has 0 spiro atoms. The van der Waals surface area contributed by atoms with Crippen molar-refractivity contribution >= 4 is 16.3 Å². The molecule has 2 rings (SSSR count). The number of nitro groups is 1. The largest absolute Gasteiger partial charge is 0.336 e. The van der Waals surface area contributed by atoms with E-state index >= 15 is 0 Å². The Morgan fingerprint density at radius 2 is 2.24 bits per heavy atom.